The molecule has 0 saturated heterocycles. The monoisotopic (exact) mass is 264 g/mol. The molecule has 2 aromatic rings. The van der Waals surface area contributed by atoms with Crippen molar-refractivity contribution >= 4 is 17.4 Å². The van der Waals surface area contributed by atoms with Crippen LogP contribution in [0.1, 0.15) is 10.4 Å². The predicted octanol–water partition coefficient (Wildman–Crippen LogP) is 1.72. The van der Waals surface area contributed by atoms with Crippen molar-refractivity contribution in [2.75, 3.05) is 5.32 Å². The number of amides is 1. The molecule has 98 valence electrons. The zero-order chi connectivity index (χ0) is 14.0. The summed E-state index contributed by atoms with van der Waals surface area (Å²) in [6, 6.07) is 4.51. The minimum Gasteiger partial charge on any atom is -0.305 e. The first-order valence-electron chi connectivity index (χ1n) is 5.22. The van der Waals surface area contributed by atoms with Crippen LogP contribution in [0.25, 0.3) is 0 Å². The Balaban J connectivity index is 2.20. The average molecular weight is 264 g/mol. The van der Waals surface area contributed by atoms with Crippen molar-refractivity contribution in [3.8, 4) is 0 Å². The van der Waals surface area contributed by atoms with Crippen molar-refractivity contribution in [1.82, 2.24) is 9.78 Å². The van der Waals surface area contributed by atoms with E-state index in [0.717, 1.165) is 12.1 Å². The van der Waals surface area contributed by atoms with Gasteiger partial charge in [-0.1, -0.05) is 0 Å². The van der Waals surface area contributed by atoms with Gasteiger partial charge in [0.1, 0.15) is 0 Å². The van der Waals surface area contributed by atoms with Crippen molar-refractivity contribution in [2.24, 2.45) is 7.05 Å². The van der Waals surface area contributed by atoms with Crippen molar-refractivity contribution in [3.63, 3.8) is 0 Å². The second-order valence-electron chi connectivity index (χ2n) is 3.75. The largest absolute Gasteiger partial charge is 0.305 e. The van der Waals surface area contributed by atoms with Crippen molar-refractivity contribution in [2.45, 2.75) is 0 Å². The van der Waals surface area contributed by atoms with Gasteiger partial charge in [0.25, 0.3) is 5.91 Å². The van der Waals surface area contributed by atoms with Gasteiger partial charge in [-0.25, -0.2) is 0 Å². The Bertz CT molecular complexity index is 653. The highest BCUT2D eigenvalue weighted by Gasteiger charge is 2.17. The van der Waals surface area contributed by atoms with E-state index in [0.29, 0.717) is 5.82 Å². The van der Waals surface area contributed by atoms with E-state index in [-0.39, 0.29) is 5.56 Å². The van der Waals surface area contributed by atoms with Crippen LogP contribution in [0.5, 0.6) is 0 Å². The Morgan fingerprint density at radius 1 is 1.47 bits per heavy atom. The average Bonchev–Trinajstić information content (AvgIpc) is 2.74. The molecule has 8 heteroatoms. The molecule has 0 aliphatic rings. The number of aryl methyl sites for hydroxylation is 1. The highest BCUT2D eigenvalue weighted by atomic mass is 19.1. The zero-order valence-electron chi connectivity index (χ0n) is 9.83. The van der Waals surface area contributed by atoms with E-state index >= 15 is 0 Å². The molecule has 7 nitrogen and oxygen atoms in total. The third-order valence-corrected chi connectivity index (χ3v) is 2.36. The minimum atomic E-state index is -1.06. The number of halogens is 1. The lowest BCUT2D eigenvalue weighted by Crippen LogP contribution is -2.13. The van der Waals surface area contributed by atoms with Gasteiger partial charge in [-0.3, -0.25) is 19.6 Å². The van der Waals surface area contributed by atoms with Crippen molar-refractivity contribution < 1.29 is 14.1 Å². The molecular weight excluding hydrogens is 255 g/mol. The van der Waals surface area contributed by atoms with Crippen LogP contribution in [0.3, 0.4) is 0 Å². The fourth-order valence-electron chi connectivity index (χ4n) is 1.47. The third-order valence-electron chi connectivity index (χ3n) is 2.36. The number of nitro benzene ring substituents is 1. The van der Waals surface area contributed by atoms with Crippen molar-refractivity contribution in [3.05, 3.63) is 52.0 Å². The normalized spacial score (nSPS) is 10.2. The number of rotatable bonds is 3. The summed E-state index contributed by atoms with van der Waals surface area (Å²) in [5.41, 5.74) is -0.692. The summed E-state index contributed by atoms with van der Waals surface area (Å²) in [5, 5.41) is 16.8. The highest BCUT2D eigenvalue weighted by molar-refractivity contribution is 6.03. The zero-order valence-corrected chi connectivity index (χ0v) is 9.83. The molecule has 1 N–H and O–H groups in total. The van der Waals surface area contributed by atoms with E-state index < -0.39 is 22.3 Å². The van der Waals surface area contributed by atoms with E-state index in [4.69, 9.17) is 0 Å². The molecule has 0 bridgehead atoms. The van der Waals surface area contributed by atoms with Crippen LogP contribution in [-0.2, 0) is 7.05 Å². The van der Waals surface area contributed by atoms with Gasteiger partial charge < -0.3 is 5.32 Å². The number of nitro groups is 1. The maximum atomic E-state index is 13.4. The van der Waals surface area contributed by atoms with Gasteiger partial charge in [0, 0.05) is 30.9 Å². The quantitative estimate of drug-likeness (QED) is 0.675. The Hall–Kier alpha value is -2.77. The number of carbonyl (C=O) groups excluding carboxylic acids is 1. The Kier molecular flexibility index (Phi) is 3.23. The van der Waals surface area contributed by atoms with Crippen LogP contribution >= 0.6 is 0 Å². The molecule has 19 heavy (non-hydrogen) atoms. The highest BCUT2D eigenvalue weighted by Crippen LogP contribution is 2.18. The Labute approximate surface area is 106 Å². The molecule has 0 atom stereocenters. The maximum absolute atomic E-state index is 13.4. The molecule has 1 aromatic heterocycles. The van der Waals surface area contributed by atoms with Gasteiger partial charge in [-0.05, 0) is 12.1 Å². The summed E-state index contributed by atoms with van der Waals surface area (Å²) >= 11 is 0. The Morgan fingerprint density at radius 2 is 2.21 bits per heavy atom. The summed E-state index contributed by atoms with van der Waals surface area (Å²) in [6.45, 7) is 0. The van der Waals surface area contributed by atoms with Crippen LogP contribution in [0.2, 0.25) is 0 Å². The van der Waals surface area contributed by atoms with Gasteiger partial charge in [-0.2, -0.15) is 9.49 Å². The van der Waals surface area contributed by atoms with Gasteiger partial charge in [-0.15, -0.1) is 0 Å². The molecule has 1 aromatic carbocycles. The second kappa shape index (κ2) is 4.84. The lowest BCUT2D eigenvalue weighted by atomic mass is 10.2. The second-order valence-corrected chi connectivity index (χ2v) is 3.75. The van der Waals surface area contributed by atoms with Gasteiger partial charge in [0.2, 0.25) is 5.82 Å². The topological polar surface area (TPSA) is 90.1 Å². The summed E-state index contributed by atoms with van der Waals surface area (Å²) in [4.78, 5) is 21.4. The number of hydrogen-bond acceptors (Lipinski definition) is 4. The molecule has 0 unspecified atom stereocenters. The number of aromatic nitrogens is 2. The maximum Gasteiger partial charge on any atom is 0.304 e. The van der Waals surface area contributed by atoms with Crippen LogP contribution in [0.4, 0.5) is 15.9 Å². The SMILES string of the molecule is Cn1ccc(NC(=O)c2ccc([N+](=O)[O-])c(F)c2)n1. The molecule has 0 saturated carbocycles. The van der Waals surface area contributed by atoms with Gasteiger partial charge >= 0.3 is 5.69 Å². The van der Waals surface area contributed by atoms with E-state index in [9.17, 15) is 19.3 Å². The first-order chi connectivity index (χ1) is 8.97. The van der Waals surface area contributed by atoms with Crippen LogP contribution < -0.4 is 5.32 Å². The number of anilines is 1. The van der Waals surface area contributed by atoms with Crippen molar-refractivity contribution in [1.29, 1.82) is 0 Å². The van der Waals surface area contributed by atoms with Gasteiger partial charge in [0.05, 0.1) is 4.92 Å². The third kappa shape index (κ3) is 2.73. The minimum absolute atomic E-state index is 0.0197. The molecule has 0 radical (unpaired) electrons. The number of nitrogens with one attached hydrogen (secondary N) is 1. The van der Waals surface area contributed by atoms with E-state index in [2.05, 4.69) is 10.4 Å². The number of hydrogen-bond donors (Lipinski definition) is 1. The predicted molar refractivity (Wildman–Crippen MR) is 64.2 cm³/mol. The fraction of sp³-hybridized carbons (Fsp3) is 0.0909. The molecule has 1 amide bonds. The molecular formula is C11H9FN4O3. The number of carbonyl (C=O) groups is 1. The summed E-state index contributed by atoms with van der Waals surface area (Å²) < 4.78 is 14.9. The smallest absolute Gasteiger partial charge is 0.304 e. The summed E-state index contributed by atoms with van der Waals surface area (Å²) in [7, 11) is 1.68. The number of nitrogens with zero attached hydrogens (tertiary/aromatic N) is 3. The van der Waals surface area contributed by atoms with Crippen LogP contribution in [-0.4, -0.2) is 20.6 Å². The molecule has 2 rings (SSSR count). The number of benzene rings is 1. The molecule has 1 heterocycles. The van der Waals surface area contributed by atoms with Crippen LogP contribution in [0, 0.1) is 15.9 Å². The van der Waals surface area contributed by atoms with E-state index in [1.807, 2.05) is 0 Å². The fourth-order valence-corrected chi connectivity index (χ4v) is 1.47. The summed E-state index contributed by atoms with van der Waals surface area (Å²) in [5.74, 6) is -1.34. The first kappa shape index (κ1) is 12.7. The molecule has 0 spiro atoms. The van der Waals surface area contributed by atoms with Gasteiger partial charge in [0.15, 0.2) is 5.82 Å². The molecule has 0 fully saturated rings. The van der Waals surface area contributed by atoms with E-state index in [1.165, 1.54) is 10.7 Å². The summed E-state index contributed by atoms with van der Waals surface area (Å²) in [6.07, 6.45) is 1.63. The first-order valence-corrected chi connectivity index (χ1v) is 5.22. The lowest BCUT2D eigenvalue weighted by Gasteiger charge is -2.02. The Morgan fingerprint density at radius 3 is 2.74 bits per heavy atom. The lowest BCUT2D eigenvalue weighted by molar-refractivity contribution is -0.387. The standard InChI is InChI=1S/C11H9FN4O3/c1-15-5-4-10(14-15)13-11(17)7-2-3-9(16(18)19)8(12)6-7/h2-6H,1H3,(H,13,14,17). The van der Waals surface area contributed by atoms with Crippen LogP contribution in [0.15, 0.2) is 30.5 Å². The van der Waals surface area contributed by atoms with E-state index in [1.54, 1.807) is 19.3 Å². The molecule has 0 aliphatic heterocycles. The molecule has 0 aliphatic carbocycles.